The number of hydrogen-bond acceptors (Lipinski definition) is 7. The third kappa shape index (κ3) is 4.26. The number of methoxy groups -OCH3 is 1. The van der Waals surface area contributed by atoms with E-state index in [0.29, 0.717) is 54.9 Å². The molecule has 0 aliphatic carbocycles. The minimum atomic E-state index is -0.218. The number of fused-ring (bicyclic) bond motifs is 2. The van der Waals surface area contributed by atoms with Gasteiger partial charge in [0.25, 0.3) is 11.5 Å². The molecule has 10 nitrogen and oxygen atoms in total. The van der Waals surface area contributed by atoms with Crippen LogP contribution < -0.4 is 15.2 Å². The number of imidazole rings is 1. The SMILES string of the molecule is COc1ccc(Cc2n[nH]c(=O)c3ccccc23)cc1C(=O)N1CCN(c2cnc3nc[nH]c3c2)CC1. The minimum Gasteiger partial charge on any atom is -0.496 e. The molecule has 2 N–H and O–H groups in total. The number of hydrogen-bond donors (Lipinski definition) is 2. The number of pyridine rings is 1. The van der Waals surface area contributed by atoms with Crippen LogP contribution in [0, 0.1) is 0 Å². The number of benzene rings is 2. The number of piperazine rings is 1. The van der Waals surface area contributed by atoms with E-state index in [2.05, 4.69) is 30.0 Å². The molecule has 4 heterocycles. The third-order valence-corrected chi connectivity index (χ3v) is 6.83. The predicted octanol–water partition coefficient (Wildman–Crippen LogP) is 2.76. The lowest BCUT2D eigenvalue weighted by atomic mass is 10.0. The fourth-order valence-electron chi connectivity index (χ4n) is 4.86. The summed E-state index contributed by atoms with van der Waals surface area (Å²) in [5, 5.41) is 8.26. The van der Waals surface area contributed by atoms with E-state index in [0.717, 1.165) is 27.8 Å². The summed E-state index contributed by atoms with van der Waals surface area (Å²) in [4.78, 5) is 41.5. The second-order valence-corrected chi connectivity index (χ2v) is 9.00. The zero-order valence-corrected chi connectivity index (χ0v) is 20.3. The number of aromatic amines is 2. The van der Waals surface area contributed by atoms with E-state index in [1.54, 1.807) is 19.5 Å². The molecule has 37 heavy (non-hydrogen) atoms. The number of aromatic nitrogens is 5. The maximum absolute atomic E-state index is 13.6. The molecule has 2 aromatic carbocycles. The molecule has 1 aliphatic heterocycles. The van der Waals surface area contributed by atoms with Gasteiger partial charge in [-0.1, -0.05) is 24.3 Å². The van der Waals surface area contributed by atoms with Crippen LogP contribution in [0.25, 0.3) is 21.9 Å². The Morgan fingerprint density at radius 3 is 2.65 bits per heavy atom. The Hall–Kier alpha value is -4.73. The number of carbonyl (C=O) groups excluding carboxylic acids is 1. The Balaban J connectivity index is 1.21. The summed E-state index contributed by atoms with van der Waals surface area (Å²) < 4.78 is 5.53. The number of amides is 1. The highest BCUT2D eigenvalue weighted by Gasteiger charge is 2.25. The summed E-state index contributed by atoms with van der Waals surface area (Å²) in [7, 11) is 1.57. The van der Waals surface area contributed by atoms with Gasteiger partial charge in [0.15, 0.2) is 5.65 Å². The van der Waals surface area contributed by atoms with Crippen molar-refractivity contribution in [2.24, 2.45) is 0 Å². The van der Waals surface area contributed by atoms with Gasteiger partial charge in [-0.25, -0.2) is 15.1 Å². The van der Waals surface area contributed by atoms with Crippen molar-refractivity contribution < 1.29 is 9.53 Å². The first-order valence-electron chi connectivity index (χ1n) is 12.1. The zero-order valence-electron chi connectivity index (χ0n) is 20.3. The summed E-state index contributed by atoms with van der Waals surface area (Å²) >= 11 is 0. The van der Waals surface area contributed by atoms with Crippen molar-refractivity contribution in [2.45, 2.75) is 6.42 Å². The molecule has 10 heteroatoms. The fraction of sp³-hybridized carbons (Fsp3) is 0.222. The van der Waals surface area contributed by atoms with Crippen molar-refractivity contribution in [3.8, 4) is 5.75 Å². The van der Waals surface area contributed by atoms with Crippen molar-refractivity contribution in [1.29, 1.82) is 0 Å². The van der Waals surface area contributed by atoms with E-state index < -0.39 is 0 Å². The van der Waals surface area contributed by atoms with Crippen LogP contribution in [-0.2, 0) is 6.42 Å². The number of anilines is 1. The molecule has 0 bridgehead atoms. The quantitative estimate of drug-likeness (QED) is 0.385. The van der Waals surface area contributed by atoms with Crippen LogP contribution in [-0.4, -0.2) is 69.2 Å². The first-order valence-corrected chi connectivity index (χ1v) is 12.1. The zero-order chi connectivity index (χ0) is 25.4. The predicted molar refractivity (Wildman–Crippen MR) is 140 cm³/mol. The lowest BCUT2D eigenvalue weighted by molar-refractivity contribution is 0.0743. The summed E-state index contributed by atoms with van der Waals surface area (Å²) in [6.07, 6.45) is 3.93. The second-order valence-electron chi connectivity index (χ2n) is 9.00. The topological polar surface area (TPSA) is 120 Å². The number of nitrogens with one attached hydrogen (secondary N) is 2. The monoisotopic (exact) mass is 495 g/mol. The molecule has 1 fully saturated rings. The smallest absolute Gasteiger partial charge is 0.272 e. The normalized spacial score (nSPS) is 13.9. The summed E-state index contributed by atoms with van der Waals surface area (Å²) in [5.41, 5.74) is 4.54. The highest BCUT2D eigenvalue weighted by Crippen LogP contribution is 2.26. The number of ether oxygens (including phenoxy) is 1. The first-order chi connectivity index (χ1) is 18.1. The highest BCUT2D eigenvalue weighted by atomic mass is 16.5. The van der Waals surface area contributed by atoms with Gasteiger partial charge < -0.3 is 19.5 Å². The van der Waals surface area contributed by atoms with E-state index in [4.69, 9.17) is 4.74 Å². The highest BCUT2D eigenvalue weighted by molar-refractivity contribution is 5.97. The van der Waals surface area contributed by atoms with Crippen LogP contribution in [0.2, 0.25) is 0 Å². The molecule has 0 radical (unpaired) electrons. The van der Waals surface area contributed by atoms with E-state index in [9.17, 15) is 9.59 Å². The first kappa shape index (κ1) is 22.7. The van der Waals surface area contributed by atoms with Crippen molar-refractivity contribution >= 4 is 33.5 Å². The van der Waals surface area contributed by atoms with Crippen LogP contribution in [0.5, 0.6) is 5.75 Å². The van der Waals surface area contributed by atoms with Gasteiger partial charge in [0.05, 0.1) is 47.5 Å². The lowest BCUT2D eigenvalue weighted by Crippen LogP contribution is -2.48. The molecule has 1 saturated heterocycles. The summed E-state index contributed by atoms with van der Waals surface area (Å²) in [5.74, 6) is 0.462. The summed E-state index contributed by atoms with van der Waals surface area (Å²) in [6, 6.07) is 15.0. The van der Waals surface area contributed by atoms with Crippen LogP contribution >= 0.6 is 0 Å². The molecule has 5 aromatic rings. The summed E-state index contributed by atoms with van der Waals surface area (Å²) in [6.45, 7) is 2.56. The van der Waals surface area contributed by atoms with E-state index >= 15 is 0 Å². The molecule has 1 aliphatic rings. The Labute approximate surface area is 211 Å². The lowest BCUT2D eigenvalue weighted by Gasteiger charge is -2.36. The number of rotatable bonds is 5. The van der Waals surface area contributed by atoms with Crippen LogP contribution in [0.3, 0.4) is 0 Å². The molecule has 3 aromatic heterocycles. The largest absolute Gasteiger partial charge is 0.496 e. The van der Waals surface area contributed by atoms with Gasteiger partial charge in [-0.05, 0) is 29.8 Å². The average Bonchev–Trinajstić information content (AvgIpc) is 3.42. The Morgan fingerprint density at radius 2 is 1.84 bits per heavy atom. The molecule has 0 spiro atoms. The van der Waals surface area contributed by atoms with Gasteiger partial charge in [-0.3, -0.25) is 9.59 Å². The van der Waals surface area contributed by atoms with Gasteiger partial charge in [-0.2, -0.15) is 5.10 Å². The molecule has 0 atom stereocenters. The maximum Gasteiger partial charge on any atom is 0.272 e. The van der Waals surface area contributed by atoms with Crippen molar-refractivity contribution in [2.75, 3.05) is 38.2 Å². The molecular weight excluding hydrogens is 470 g/mol. The number of carbonyl (C=O) groups is 1. The van der Waals surface area contributed by atoms with Crippen molar-refractivity contribution in [3.05, 3.63) is 88.2 Å². The number of nitrogens with zero attached hydrogens (tertiary/aromatic N) is 5. The molecule has 0 unspecified atom stereocenters. The van der Waals surface area contributed by atoms with Gasteiger partial charge in [0.2, 0.25) is 0 Å². The van der Waals surface area contributed by atoms with E-state index in [-0.39, 0.29) is 11.5 Å². The number of H-pyrrole nitrogens is 2. The van der Waals surface area contributed by atoms with Crippen molar-refractivity contribution in [3.63, 3.8) is 0 Å². The minimum absolute atomic E-state index is 0.0696. The molecule has 6 rings (SSSR count). The molecular formula is C27H25N7O3. The molecule has 0 saturated carbocycles. The fourth-order valence-corrected chi connectivity index (χ4v) is 4.86. The Morgan fingerprint density at radius 1 is 1.03 bits per heavy atom. The Bertz CT molecular complexity index is 1670. The van der Waals surface area contributed by atoms with Crippen LogP contribution in [0.15, 0.2) is 65.8 Å². The average molecular weight is 496 g/mol. The van der Waals surface area contributed by atoms with Gasteiger partial charge in [-0.15, -0.1) is 0 Å². The van der Waals surface area contributed by atoms with E-state index in [1.807, 2.05) is 53.6 Å². The maximum atomic E-state index is 13.6. The van der Waals surface area contributed by atoms with Crippen LogP contribution in [0.1, 0.15) is 21.6 Å². The van der Waals surface area contributed by atoms with Gasteiger partial charge in [0.1, 0.15) is 5.75 Å². The van der Waals surface area contributed by atoms with E-state index in [1.165, 1.54) is 0 Å². The molecule has 186 valence electrons. The standard InChI is InChI=1S/C27H25N7O3/c1-37-24-7-6-17(13-22-19-4-2-3-5-20(19)26(35)32-31-22)12-21(24)27(36)34-10-8-33(9-11-34)18-14-23-25(28-15-18)30-16-29-23/h2-7,12,14-16H,8-11,13H2,1H3,(H,32,35)(H,28,29,30). The third-order valence-electron chi connectivity index (χ3n) is 6.83. The van der Waals surface area contributed by atoms with Gasteiger partial charge >= 0.3 is 0 Å². The Kier molecular flexibility index (Phi) is 5.76. The molecule has 1 amide bonds. The second kappa shape index (κ2) is 9.38. The van der Waals surface area contributed by atoms with Crippen LogP contribution in [0.4, 0.5) is 5.69 Å². The van der Waals surface area contributed by atoms with Crippen molar-refractivity contribution in [1.82, 2.24) is 30.0 Å². The van der Waals surface area contributed by atoms with Gasteiger partial charge in [0, 0.05) is 38.0 Å².